The number of anilines is 1. The number of piperidine rings is 1. The molecule has 2 saturated heterocycles. The van der Waals surface area contributed by atoms with Crippen LogP contribution in [0.3, 0.4) is 0 Å². The third-order valence-corrected chi connectivity index (χ3v) is 5.34. The van der Waals surface area contributed by atoms with Crippen LogP contribution in [0.15, 0.2) is 18.2 Å². The summed E-state index contributed by atoms with van der Waals surface area (Å²) in [4.78, 5) is 14.9. The summed E-state index contributed by atoms with van der Waals surface area (Å²) in [5.74, 6) is 1.83. The smallest absolute Gasteiger partial charge is 0.241 e. The Hall–Kier alpha value is -1.83. The van der Waals surface area contributed by atoms with Crippen molar-refractivity contribution in [3.63, 3.8) is 0 Å². The lowest BCUT2D eigenvalue weighted by atomic mass is 9.95. The van der Waals surface area contributed by atoms with Crippen LogP contribution in [0, 0.1) is 5.92 Å². The van der Waals surface area contributed by atoms with Crippen LogP contribution in [0.25, 0.3) is 0 Å². The molecule has 0 spiro atoms. The van der Waals surface area contributed by atoms with E-state index < -0.39 is 0 Å². The summed E-state index contributed by atoms with van der Waals surface area (Å²) in [5.41, 5.74) is 0.730. The van der Waals surface area contributed by atoms with Crippen LogP contribution in [0.5, 0.6) is 11.5 Å². The zero-order valence-electron chi connectivity index (χ0n) is 15.1. The molecule has 7 nitrogen and oxygen atoms in total. The Morgan fingerprint density at radius 1 is 1.08 bits per heavy atom. The van der Waals surface area contributed by atoms with Gasteiger partial charge in [-0.15, -0.1) is 0 Å². The zero-order chi connectivity index (χ0) is 17.9. The van der Waals surface area contributed by atoms with Gasteiger partial charge in [0.05, 0.1) is 19.3 Å². The minimum Gasteiger partial charge on any atom is -0.486 e. The molecule has 2 fully saturated rings. The van der Waals surface area contributed by atoms with Crippen molar-refractivity contribution in [2.75, 3.05) is 44.8 Å². The average molecular weight is 362 g/mol. The lowest BCUT2D eigenvalue weighted by Crippen LogP contribution is -2.47. The minimum absolute atomic E-state index is 0.00602. The van der Waals surface area contributed by atoms with Gasteiger partial charge in [-0.05, 0) is 45.0 Å². The fraction of sp³-hybridized carbons (Fsp3) is 0.632. The molecule has 1 aromatic rings. The summed E-state index contributed by atoms with van der Waals surface area (Å²) in [5, 5.41) is 2.99. The van der Waals surface area contributed by atoms with Crippen molar-refractivity contribution in [3.05, 3.63) is 18.2 Å². The molecule has 1 aromatic carbocycles. The Morgan fingerprint density at radius 3 is 2.50 bits per heavy atom. The SMILES string of the molecule is CC(C(=O)Nc1ccc2c(c1)OCCO2)N1CCC(C2OCCO2)CC1. The van der Waals surface area contributed by atoms with Gasteiger partial charge in [0.15, 0.2) is 17.8 Å². The molecular formula is C19H26N2O5. The molecule has 4 rings (SSSR count). The molecule has 1 N–H and O–H groups in total. The number of fused-ring (bicyclic) bond motifs is 1. The van der Waals surface area contributed by atoms with E-state index in [4.69, 9.17) is 18.9 Å². The zero-order valence-corrected chi connectivity index (χ0v) is 15.1. The molecule has 7 heteroatoms. The van der Waals surface area contributed by atoms with Gasteiger partial charge in [0.2, 0.25) is 5.91 Å². The van der Waals surface area contributed by atoms with E-state index in [0.717, 1.165) is 37.4 Å². The van der Waals surface area contributed by atoms with Crippen LogP contribution >= 0.6 is 0 Å². The predicted octanol–water partition coefficient (Wildman–Crippen LogP) is 1.87. The second kappa shape index (κ2) is 7.82. The van der Waals surface area contributed by atoms with Crippen molar-refractivity contribution in [2.24, 2.45) is 5.92 Å². The third kappa shape index (κ3) is 3.79. The summed E-state index contributed by atoms with van der Waals surface area (Å²) in [6.07, 6.45) is 1.93. The molecule has 0 saturated carbocycles. The predicted molar refractivity (Wildman–Crippen MR) is 95.5 cm³/mol. The number of nitrogens with zero attached hydrogens (tertiary/aromatic N) is 1. The van der Waals surface area contributed by atoms with Gasteiger partial charge in [-0.3, -0.25) is 9.69 Å². The molecule has 0 aliphatic carbocycles. The highest BCUT2D eigenvalue weighted by Gasteiger charge is 2.33. The van der Waals surface area contributed by atoms with Gasteiger partial charge in [0.1, 0.15) is 13.2 Å². The van der Waals surface area contributed by atoms with E-state index in [1.807, 2.05) is 25.1 Å². The standard InChI is InChI=1S/C19H26N2O5/c1-13(21-6-4-14(5-7-21)19-25-10-11-26-19)18(22)20-15-2-3-16-17(12-15)24-9-8-23-16/h2-3,12-14,19H,4-11H2,1H3,(H,20,22). The maximum atomic E-state index is 12.6. The van der Waals surface area contributed by atoms with Crippen molar-refractivity contribution in [1.29, 1.82) is 0 Å². The lowest BCUT2D eigenvalue weighted by molar-refractivity contribution is -0.123. The first kappa shape index (κ1) is 17.6. The van der Waals surface area contributed by atoms with Crippen LogP contribution in [0.1, 0.15) is 19.8 Å². The number of amides is 1. The Balaban J connectivity index is 1.30. The van der Waals surface area contributed by atoms with Gasteiger partial charge >= 0.3 is 0 Å². The van der Waals surface area contributed by atoms with Gasteiger partial charge < -0.3 is 24.3 Å². The lowest BCUT2D eigenvalue weighted by Gasteiger charge is -2.36. The maximum Gasteiger partial charge on any atom is 0.241 e. The Bertz CT molecular complexity index is 639. The van der Waals surface area contributed by atoms with Crippen LogP contribution in [-0.4, -0.2) is 62.7 Å². The van der Waals surface area contributed by atoms with Crippen molar-refractivity contribution in [1.82, 2.24) is 4.90 Å². The summed E-state index contributed by atoms with van der Waals surface area (Å²) < 4.78 is 22.3. The summed E-state index contributed by atoms with van der Waals surface area (Å²) in [7, 11) is 0. The maximum absolute atomic E-state index is 12.6. The number of nitrogens with one attached hydrogen (secondary N) is 1. The number of hydrogen-bond donors (Lipinski definition) is 1. The molecule has 142 valence electrons. The highest BCUT2D eigenvalue weighted by Crippen LogP contribution is 2.33. The van der Waals surface area contributed by atoms with Crippen molar-refractivity contribution in [2.45, 2.75) is 32.1 Å². The number of ether oxygens (including phenoxy) is 4. The summed E-state index contributed by atoms with van der Waals surface area (Å²) in [6, 6.07) is 5.32. The number of likely N-dealkylation sites (tertiary alicyclic amines) is 1. The molecule has 26 heavy (non-hydrogen) atoms. The Morgan fingerprint density at radius 2 is 1.77 bits per heavy atom. The molecule has 3 aliphatic heterocycles. The van der Waals surface area contributed by atoms with Crippen molar-refractivity contribution < 1.29 is 23.7 Å². The number of carbonyl (C=O) groups is 1. The summed E-state index contributed by atoms with van der Waals surface area (Å²) in [6.45, 7) is 6.19. The molecule has 1 unspecified atom stereocenters. The molecule has 1 atom stereocenters. The monoisotopic (exact) mass is 362 g/mol. The van der Waals surface area contributed by atoms with E-state index in [9.17, 15) is 4.79 Å². The second-order valence-electron chi connectivity index (χ2n) is 7.01. The van der Waals surface area contributed by atoms with E-state index in [2.05, 4.69) is 10.2 Å². The first-order valence-corrected chi connectivity index (χ1v) is 9.38. The highest BCUT2D eigenvalue weighted by molar-refractivity contribution is 5.94. The number of hydrogen-bond acceptors (Lipinski definition) is 6. The quantitative estimate of drug-likeness (QED) is 0.882. The molecule has 0 bridgehead atoms. The van der Waals surface area contributed by atoms with Crippen LogP contribution in [0.2, 0.25) is 0 Å². The number of benzene rings is 1. The Labute approximate surface area is 153 Å². The van der Waals surface area contributed by atoms with E-state index in [1.54, 1.807) is 0 Å². The van der Waals surface area contributed by atoms with Crippen LogP contribution < -0.4 is 14.8 Å². The first-order valence-electron chi connectivity index (χ1n) is 9.38. The van der Waals surface area contributed by atoms with E-state index >= 15 is 0 Å². The molecular weight excluding hydrogens is 336 g/mol. The van der Waals surface area contributed by atoms with Gasteiger partial charge in [0, 0.05) is 17.7 Å². The first-order chi connectivity index (χ1) is 12.7. The normalized spacial score (nSPS) is 23.0. The fourth-order valence-electron chi connectivity index (χ4n) is 3.76. The topological polar surface area (TPSA) is 69.3 Å². The van der Waals surface area contributed by atoms with Crippen LogP contribution in [0.4, 0.5) is 5.69 Å². The number of carbonyl (C=O) groups excluding carboxylic acids is 1. The van der Waals surface area contributed by atoms with E-state index in [0.29, 0.717) is 38.1 Å². The molecule has 1 amide bonds. The largest absolute Gasteiger partial charge is 0.486 e. The van der Waals surface area contributed by atoms with E-state index in [1.165, 1.54) is 0 Å². The molecule has 3 heterocycles. The van der Waals surface area contributed by atoms with Gasteiger partial charge in [-0.25, -0.2) is 0 Å². The van der Waals surface area contributed by atoms with Crippen molar-refractivity contribution >= 4 is 11.6 Å². The van der Waals surface area contributed by atoms with Crippen LogP contribution in [-0.2, 0) is 14.3 Å². The van der Waals surface area contributed by atoms with Gasteiger partial charge in [0.25, 0.3) is 0 Å². The summed E-state index contributed by atoms with van der Waals surface area (Å²) >= 11 is 0. The minimum atomic E-state index is -0.186. The molecule has 0 radical (unpaired) electrons. The second-order valence-corrected chi connectivity index (χ2v) is 7.01. The molecule has 3 aliphatic rings. The highest BCUT2D eigenvalue weighted by atomic mass is 16.7. The molecule has 0 aromatic heterocycles. The van der Waals surface area contributed by atoms with Gasteiger partial charge in [-0.2, -0.15) is 0 Å². The fourth-order valence-corrected chi connectivity index (χ4v) is 3.76. The Kier molecular flexibility index (Phi) is 5.28. The number of rotatable bonds is 4. The third-order valence-electron chi connectivity index (χ3n) is 5.34. The van der Waals surface area contributed by atoms with E-state index in [-0.39, 0.29) is 18.2 Å². The van der Waals surface area contributed by atoms with Crippen molar-refractivity contribution in [3.8, 4) is 11.5 Å². The van der Waals surface area contributed by atoms with Gasteiger partial charge in [-0.1, -0.05) is 0 Å². The average Bonchev–Trinajstić information content (AvgIpc) is 3.22.